The van der Waals surface area contributed by atoms with Crippen molar-refractivity contribution in [1.82, 2.24) is 24.6 Å². The number of sulfonamides is 1. The Morgan fingerprint density at radius 3 is 3.00 bits per heavy atom. The second kappa shape index (κ2) is 8.76. The van der Waals surface area contributed by atoms with Gasteiger partial charge in [0.05, 0.1) is 23.7 Å². The Bertz CT molecular complexity index is 933. The first-order valence-electron chi connectivity index (χ1n) is 8.86. The predicted octanol–water partition coefficient (Wildman–Crippen LogP) is 0.819. The summed E-state index contributed by atoms with van der Waals surface area (Å²) in [7, 11) is -2.27. The van der Waals surface area contributed by atoms with Gasteiger partial charge in [-0.15, -0.1) is 5.10 Å². The summed E-state index contributed by atoms with van der Waals surface area (Å²) in [5.74, 6) is -0.974. The summed E-state index contributed by atoms with van der Waals surface area (Å²) >= 11 is 0. The van der Waals surface area contributed by atoms with E-state index in [4.69, 9.17) is 4.74 Å². The van der Waals surface area contributed by atoms with Crippen LogP contribution >= 0.6 is 0 Å². The van der Waals surface area contributed by atoms with Gasteiger partial charge in [0, 0.05) is 26.7 Å². The average Bonchev–Trinajstić information content (AvgIpc) is 3.19. The van der Waals surface area contributed by atoms with Crippen molar-refractivity contribution in [3.05, 3.63) is 42.0 Å². The number of ether oxygens (including phenoxy) is 1. The minimum Gasteiger partial charge on any atom is -0.383 e. The summed E-state index contributed by atoms with van der Waals surface area (Å²) in [5.41, 5.74) is 0.154. The number of nitrogens with zero attached hydrogens (tertiary/aromatic N) is 4. The van der Waals surface area contributed by atoms with E-state index in [2.05, 4.69) is 15.6 Å². The Hall–Kier alpha value is -2.37. The molecule has 0 saturated carbocycles. The zero-order chi connectivity index (χ0) is 20.1. The zero-order valence-electron chi connectivity index (χ0n) is 15.4. The van der Waals surface area contributed by atoms with Crippen molar-refractivity contribution in [2.75, 3.05) is 33.4 Å². The number of halogens is 1. The van der Waals surface area contributed by atoms with Gasteiger partial charge in [0.25, 0.3) is 5.91 Å². The fourth-order valence-corrected chi connectivity index (χ4v) is 4.60. The van der Waals surface area contributed by atoms with Gasteiger partial charge in [-0.3, -0.25) is 4.79 Å². The number of amides is 1. The number of nitrogens with one attached hydrogen (secondary N) is 1. The minimum absolute atomic E-state index is 0.0787. The van der Waals surface area contributed by atoms with Crippen LogP contribution in [0.4, 0.5) is 4.39 Å². The third-order valence-corrected chi connectivity index (χ3v) is 6.36. The van der Waals surface area contributed by atoms with Crippen molar-refractivity contribution in [3.8, 4) is 0 Å². The molecule has 152 valence electrons. The molecular weight excluding hydrogens is 389 g/mol. The van der Waals surface area contributed by atoms with Crippen molar-refractivity contribution >= 4 is 15.9 Å². The molecule has 1 fully saturated rings. The van der Waals surface area contributed by atoms with E-state index in [9.17, 15) is 17.6 Å². The maximum Gasteiger partial charge on any atom is 0.273 e. The Balaban J connectivity index is 1.71. The van der Waals surface area contributed by atoms with Crippen molar-refractivity contribution in [2.45, 2.75) is 23.8 Å². The smallest absolute Gasteiger partial charge is 0.273 e. The highest BCUT2D eigenvalue weighted by atomic mass is 32.2. The monoisotopic (exact) mass is 411 g/mol. The van der Waals surface area contributed by atoms with E-state index in [1.807, 2.05) is 0 Å². The first-order chi connectivity index (χ1) is 13.4. The molecule has 1 N–H and O–H groups in total. The number of aromatic nitrogens is 3. The third-order valence-electron chi connectivity index (χ3n) is 4.50. The molecule has 1 unspecified atom stereocenters. The van der Waals surface area contributed by atoms with E-state index >= 15 is 0 Å². The van der Waals surface area contributed by atoms with E-state index in [1.54, 1.807) is 0 Å². The molecule has 9 nitrogen and oxygen atoms in total. The van der Waals surface area contributed by atoms with Gasteiger partial charge in [-0.1, -0.05) is 11.3 Å². The molecule has 0 radical (unpaired) electrons. The summed E-state index contributed by atoms with van der Waals surface area (Å²) in [6, 6.07) is 4.70. The normalized spacial score (nSPS) is 18.1. The van der Waals surface area contributed by atoms with Crippen LogP contribution in [0, 0.1) is 5.82 Å². The number of carbonyl (C=O) groups is 1. The SMILES string of the molecule is COCCNC(=O)c1cn(C2CCCN(S(=O)(=O)c3cccc(F)c3)C2)nn1. The van der Waals surface area contributed by atoms with Crippen LogP contribution in [0.1, 0.15) is 29.4 Å². The third kappa shape index (κ3) is 4.54. The lowest BCUT2D eigenvalue weighted by molar-refractivity contribution is 0.0932. The number of piperidine rings is 1. The van der Waals surface area contributed by atoms with Crippen LogP contribution in [-0.4, -0.2) is 67.0 Å². The molecule has 2 heterocycles. The molecule has 0 aliphatic carbocycles. The van der Waals surface area contributed by atoms with Gasteiger partial charge in [-0.05, 0) is 31.0 Å². The molecule has 3 rings (SSSR count). The maximum atomic E-state index is 13.4. The Kier molecular flexibility index (Phi) is 6.37. The molecule has 28 heavy (non-hydrogen) atoms. The highest BCUT2D eigenvalue weighted by Gasteiger charge is 2.32. The lowest BCUT2D eigenvalue weighted by atomic mass is 10.1. The average molecular weight is 411 g/mol. The number of hydrogen-bond donors (Lipinski definition) is 1. The predicted molar refractivity (Wildman–Crippen MR) is 97.7 cm³/mol. The van der Waals surface area contributed by atoms with Crippen molar-refractivity contribution in [3.63, 3.8) is 0 Å². The maximum absolute atomic E-state index is 13.4. The second-order valence-electron chi connectivity index (χ2n) is 6.45. The molecule has 1 atom stereocenters. The van der Waals surface area contributed by atoms with Crippen molar-refractivity contribution in [2.24, 2.45) is 0 Å². The number of methoxy groups -OCH3 is 1. The number of benzene rings is 1. The molecule has 1 amide bonds. The van der Waals surface area contributed by atoms with Crippen molar-refractivity contribution in [1.29, 1.82) is 0 Å². The molecule has 1 saturated heterocycles. The van der Waals surface area contributed by atoms with Gasteiger partial charge in [0.2, 0.25) is 10.0 Å². The fraction of sp³-hybridized carbons (Fsp3) is 0.471. The van der Waals surface area contributed by atoms with Gasteiger partial charge >= 0.3 is 0 Å². The topological polar surface area (TPSA) is 106 Å². The first kappa shape index (κ1) is 20.4. The Morgan fingerprint density at radius 2 is 2.25 bits per heavy atom. The Labute approximate surface area is 162 Å². The summed E-state index contributed by atoms with van der Waals surface area (Å²) in [5, 5.41) is 10.5. The van der Waals surface area contributed by atoms with Crippen LogP contribution < -0.4 is 5.32 Å². The van der Waals surface area contributed by atoms with Crippen molar-refractivity contribution < 1.29 is 22.3 Å². The van der Waals surface area contributed by atoms with E-state index in [-0.39, 0.29) is 29.1 Å². The number of hydrogen-bond acceptors (Lipinski definition) is 6. The van der Waals surface area contributed by atoms with Crippen LogP contribution in [0.5, 0.6) is 0 Å². The van der Waals surface area contributed by atoms with Gasteiger partial charge < -0.3 is 10.1 Å². The van der Waals surface area contributed by atoms with Gasteiger partial charge in [-0.25, -0.2) is 17.5 Å². The van der Waals surface area contributed by atoms with Crippen LogP contribution in [0.25, 0.3) is 0 Å². The summed E-state index contributed by atoms with van der Waals surface area (Å²) in [6.07, 6.45) is 2.82. The van der Waals surface area contributed by atoms with E-state index in [1.165, 1.54) is 40.5 Å². The quantitative estimate of drug-likeness (QED) is 0.676. The molecule has 11 heteroatoms. The Morgan fingerprint density at radius 1 is 1.43 bits per heavy atom. The highest BCUT2D eigenvalue weighted by Crippen LogP contribution is 2.26. The fourth-order valence-electron chi connectivity index (χ4n) is 3.05. The van der Waals surface area contributed by atoms with E-state index in [0.29, 0.717) is 32.5 Å². The molecule has 1 aromatic carbocycles. The standard InChI is InChI=1S/C17H22FN5O4S/c1-27-9-7-19-17(24)16-12-23(21-20-16)14-5-3-8-22(11-14)28(25,26)15-6-2-4-13(18)10-15/h2,4,6,10,12,14H,3,5,7-9,11H2,1H3,(H,19,24). The molecular formula is C17H22FN5O4S. The summed E-state index contributed by atoms with van der Waals surface area (Å²) in [6.45, 7) is 1.25. The minimum atomic E-state index is -3.81. The molecule has 1 aliphatic heterocycles. The lowest BCUT2D eigenvalue weighted by Crippen LogP contribution is -2.40. The molecule has 1 aliphatic rings. The second-order valence-corrected chi connectivity index (χ2v) is 8.39. The van der Waals surface area contributed by atoms with Crippen LogP contribution in [0.2, 0.25) is 0 Å². The van der Waals surface area contributed by atoms with Gasteiger partial charge in [0.15, 0.2) is 5.69 Å². The number of carbonyl (C=O) groups excluding carboxylic acids is 1. The molecule has 2 aromatic rings. The first-order valence-corrected chi connectivity index (χ1v) is 10.3. The molecule has 0 spiro atoms. The summed E-state index contributed by atoms with van der Waals surface area (Å²) in [4.78, 5) is 12.0. The lowest BCUT2D eigenvalue weighted by Gasteiger charge is -2.31. The van der Waals surface area contributed by atoms with E-state index < -0.39 is 15.8 Å². The van der Waals surface area contributed by atoms with Crippen LogP contribution in [0.3, 0.4) is 0 Å². The number of rotatable bonds is 7. The van der Waals surface area contributed by atoms with Gasteiger partial charge in [0.1, 0.15) is 5.82 Å². The van der Waals surface area contributed by atoms with E-state index in [0.717, 1.165) is 6.07 Å². The summed E-state index contributed by atoms with van der Waals surface area (Å²) < 4.78 is 46.8. The van der Waals surface area contributed by atoms with Crippen LogP contribution in [0.15, 0.2) is 35.4 Å². The largest absolute Gasteiger partial charge is 0.383 e. The molecule has 1 aromatic heterocycles. The van der Waals surface area contributed by atoms with Gasteiger partial charge in [-0.2, -0.15) is 4.31 Å². The molecule has 0 bridgehead atoms. The van der Waals surface area contributed by atoms with Crippen LogP contribution in [-0.2, 0) is 14.8 Å². The zero-order valence-corrected chi connectivity index (χ0v) is 16.2. The highest BCUT2D eigenvalue weighted by molar-refractivity contribution is 7.89.